The van der Waals surface area contributed by atoms with E-state index >= 15 is 0 Å². The van der Waals surface area contributed by atoms with E-state index < -0.39 is 0 Å². The average Bonchev–Trinajstić information content (AvgIpc) is 3.10. The van der Waals surface area contributed by atoms with Gasteiger partial charge >= 0.3 is 0 Å². The second-order valence-corrected chi connectivity index (χ2v) is 7.19. The zero-order chi connectivity index (χ0) is 16.4. The van der Waals surface area contributed by atoms with Crippen LogP contribution in [0.1, 0.15) is 10.7 Å². The molecule has 1 fully saturated rings. The number of aromatic nitrogens is 2. The number of benzene rings is 1. The molecular formula is C18H20N4OS. The van der Waals surface area contributed by atoms with Crippen molar-refractivity contribution in [2.75, 3.05) is 26.2 Å². The van der Waals surface area contributed by atoms with Crippen molar-refractivity contribution in [3.8, 4) is 0 Å². The maximum atomic E-state index is 12.1. The number of thiophene rings is 1. The molecule has 2 aromatic heterocycles. The summed E-state index contributed by atoms with van der Waals surface area (Å²) in [5.41, 5.74) is 0.722. The molecule has 0 bridgehead atoms. The molecule has 1 saturated heterocycles. The largest absolute Gasteiger partial charge is 0.309 e. The first kappa shape index (κ1) is 15.5. The zero-order valence-electron chi connectivity index (χ0n) is 13.4. The van der Waals surface area contributed by atoms with E-state index in [9.17, 15) is 4.79 Å². The third kappa shape index (κ3) is 3.40. The normalized spacial score (nSPS) is 16.7. The number of fused-ring (bicyclic) bond motifs is 1. The van der Waals surface area contributed by atoms with E-state index in [1.165, 1.54) is 4.88 Å². The van der Waals surface area contributed by atoms with Gasteiger partial charge in [-0.15, -0.1) is 11.3 Å². The van der Waals surface area contributed by atoms with Crippen LogP contribution in [-0.4, -0.2) is 45.9 Å². The van der Waals surface area contributed by atoms with Gasteiger partial charge in [0.2, 0.25) is 0 Å². The quantitative estimate of drug-likeness (QED) is 0.792. The standard InChI is InChI=1S/C18H20N4OS/c23-18-15-5-1-2-6-16(15)19-17(20-18)13-22-9-7-21(8-10-22)12-14-4-3-11-24-14/h1-6,11H,7-10,12-13H2,(H,19,20,23). The molecule has 1 aliphatic heterocycles. The molecule has 124 valence electrons. The summed E-state index contributed by atoms with van der Waals surface area (Å²) in [7, 11) is 0. The van der Waals surface area contributed by atoms with Crippen molar-refractivity contribution in [1.29, 1.82) is 0 Å². The van der Waals surface area contributed by atoms with Gasteiger partial charge in [-0.05, 0) is 23.6 Å². The van der Waals surface area contributed by atoms with Crippen LogP contribution in [0.2, 0.25) is 0 Å². The van der Waals surface area contributed by atoms with Gasteiger partial charge in [-0.1, -0.05) is 18.2 Å². The van der Waals surface area contributed by atoms with Crippen molar-refractivity contribution in [3.05, 3.63) is 62.8 Å². The molecule has 0 saturated carbocycles. The Balaban J connectivity index is 1.39. The lowest BCUT2D eigenvalue weighted by atomic mass is 10.2. The fourth-order valence-corrected chi connectivity index (χ4v) is 3.90. The molecule has 6 heteroatoms. The molecular weight excluding hydrogens is 320 g/mol. The van der Waals surface area contributed by atoms with E-state index in [2.05, 4.69) is 37.3 Å². The molecule has 24 heavy (non-hydrogen) atoms. The van der Waals surface area contributed by atoms with E-state index in [0.29, 0.717) is 11.9 Å². The fraction of sp³-hybridized carbons (Fsp3) is 0.333. The molecule has 3 aromatic rings. The first-order chi connectivity index (χ1) is 11.8. The van der Waals surface area contributed by atoms with Crippen molar-refractivity contribution in [3.63, 3.8) is 0 Å². The Labute approximate surface area is 144 Å². The topological polar surface area (TPSA) is 52.2 Å². The predicted molar refractivity (Wildman–Crippen MR) is 97.2 cm³/mol. The van der Waals surface area contributed by atoms with E-state index in [-0.39, 0.29) is 5.56 Å². The van der Waals surface area contributed by atoms with Crippen molar-refractivity contribution in [2.24, 2.45) is 0 Å². The minimum atomic E-state index is -0.0491. The van der Waals surface area contributed by atoms with Gasteiger partial charge in [0.05, 0.1) is 17.4 Å². The molecule has 0 spiro atoms. The minimum absolute atomic E-state index is 0.0491. The molecule has 0 radical (unpaired) electrons. The second kappa shape index (κ2) is 6.84. The summed E-state index contributed by atoms with van der Waals surface area (Å²) in [4.78, 5) is 25.9. The molecule has 1 N–H and O–H groups in total. The highest BCUT2D eigenvalue weighted by atomic mass is 32.1. The van der Waals surface area contributed by atoms with Crippen molar-refractivity contribution in [1.82, 2.24) is 19.8 Å². The summed E-state index contributed by atoms with van der Waals surface area (Å²) in [5.74, 6) is 0.755. The van der Waals surface area contributed by atoms with Gasteiger partial charge in [0.1, 0.15) is 5.82 Å². The van der Waals surface area contributed by atoms with E-state index in [4.69, 9.17) is 0 Å². The van der Waals surface area contributed by atoms with Gasteiger partial charge in [-0.3, -0.25) is 14.6 Å². The molecule has 0 aliphatic carbocycles. The molecule has 1 aromatic carbocycles. The number of nitrogens with zero attached hydrogens (tertiary/aromatic N) is 3. The number of H-pyrrole nitrogens is 1. The first-order valence-electron chi connectivity index (χ1n) is 8.23. The Bertz CT molecular complexity index is 866. The second-order valence-electron chi connectivity index (χ2n) is 6.16. The highest BCUT2D eigenvalue weighted by Gasteiger charge is 2.18. The van der Waals surface area contributed by atoms with Crippen LogP contribution in [0.15, 0.2) is 46.6 Å². The van der Waals surface area contributed by atoms with Crippen LogP contribution >= 0.6 is 11.3 Å². The number of nitrogens with one attached hydrogen (secondary N) is 1. The Hall–Kier alpha value is -2.02. The molecule has 0 unspecified atom stereocenters. The van der Waals surface area contributed by atoms with Gasteiger partial charge in [-0.2, -0.15) is 0 Å². The number of para-hydroxylation sites is 1. The smallest absolute Gasteiger partial charge is 0.258 e. The van der Waals surface area contributed by atoms with Gasteiger partial charge in [-0.25, -0.2) is 4.98 Å². The van der Waals surface area contributed by atoms with Gasteiger partial charge < -0.3 is 4.98 Å². The summed E-state index contributed by atoms with van der Waals surface area (Å²) in [5, 5.41) is 2.79. The van der Waals surface area contributed by atoms with Crippen LogP contribution in [0.3, 0.4) is 0 Å². The number of rotatable bonds is 4. The lowest BCUT2D eigenvalue weighted by Gasteiger charge is -2.34. The molecule has 4 rings (SSSR count). The third-order valence-electron chi connectivity index (χ3n) is 4.46. The fourth-order valence-electron chi connectivity index (χ4n) is 3.15. The highest BCUT2D eigenvalue weighted by molar-refractivity contribution is 7.09. The number of piperazine rings is 1. The Kier molecular flexibility index (Phi) is 4.42. The molecule has 1 aliphatic rings. The lowest BCUT2D eigenvalue weighted by Crippen LogP contribution is -2.45. The summed E-state index contributed by atoms with van der Waals surface area (Å²) in [6.07, 6.45) is 0. The van der Waals surface area contributed by atoms with E-state index in [0.717, 1.165) is 44.1 Å². The van der Waals surface area contributed by atoms with Crippen LogP contribution in [0.5, 0.6) is 0 Å². The van der Waals surface area contributed by atoms with Crippen LogP contribution in [0.25, 0.3) is 10.9 Å². The lowest BCUT2D eigenvalue weighted by molar-refractivity contribution is 0.120. The molecule has 0 atom stereocenters. The Morgan fingerprint density at radius 1 is 1.00 bits per heavy atom. The summed E-state index contributed by atoms with van der Waals surface area (Å²) < 4.78 is 0. The van der Waals surface area contributed by atoms with E-state index in [1.807, 2.05) is 35.6 Å². The highest BCUT2D eigenvalue weighted by Crippen LogP contribution is 2.14. The molecule has 0 amide bonds. The Morgan fingerprint density at radius 2 is 1.75 bits per heavy atom. The van der Waals surface area contributed by atoms with Gasteiger partial charge in [0.15, 0.2) is 0 Å². The van der Waals surface area contributed by atoms with Crippen molar-refractivity contribution >= 4 is 22.2 Å². The maximum Gasteiger partial charge on any atom is 0.258 e. The molecule has 3 heterocycles. The van der Waals surface area contributed by atoms with Crippen molar-refractivity contribution in [2.45, 2.75) is 13.1 Å². The first-order valence-corrected chi connectivity index (χ1v) is 9.11. The SMILES string of the molecule is O=c1[nH]c(CN2CCN(Cc3cccs3)CC2)nc2ccccc12. The van der Waals surface area contributed by atoms with Crippen LogP contribution < -0.4 is 5.56 Å². The van der Waals surface area contributed by atoms with Crippen molar-refractivity contribution < 1.29 is 0 Å². The minimum Gasteiger partial charge on any atom is -0.309 e. The third-order valence-corrected chi connectivity index (χ3v) is 5.32. The van der Waals surface area contributed by atoms with Crippen LogP contribution in [0.4, 0.5) is 0 Å². The van der Waals surface area contributed by atoms with Gasteiger partial charge in [0.25, 0.3) is 5.56 Å². The predicted octanol–water partition coefficient (Wildman–Crippen LogP) is 2.30. The summed E-state index contributed by atoms with van der Waals surface area (Å²) >= 11 is 1.82. The van der Waals surface area contributed by atoms with Crippen LogP contribution in [0, 0.1) is 0 Å². The summed E-state index contributed by atoms with van der Waals surface area (Å²) in [6, 6.07) is 11.8. The molecule has 5 nitrogen and oxygen atoms in total. The number of hydrogen-bond donors (Lipinski definition) is 1. The van der Waals surface area contributed by atoms with E-state index in [1.54, 1.807) is 0 Å². The zero-order valence-corrected chi connectivity index (χ0v) is 14.3. The van der Waals surface area contributed by atoms with Gasteiger partial charge in [0, 0.05) is 37.6 Å². The number of aromatic amines is 1. The monoisotopic (exact) mass is 340 g/mol. The average molecular weight is 340 g/mol. The summed E-state index contributed by atoms with van der Waals surface area (Å²) in [6.45, 7) is 5.85. The Morgan fingerprint density at radius 3 is 2.50 bits per heavy atom. The van der Waals surface area contributed by atoms with Crippen LogP contribution in [-0.2, 0) is 13.1 Å². The maximum absolute atomic E-state index is 12.1. The number of hydrogen-bond acceptors (Lipinski definition) is 5.